The van der Waals surface area contributed by atoms with Gasteiger partial charge in [-0.25, -0.2) is 0 Å². The molecule has 2 aliphatic carbocycles. The number of Topliss-reactive ketones (excluding diaryl/α,β-unsaturated/α-hetero) is 1. The molecule has 0 bridgehead atoms. The van der Waals surface area contributed by atoms with Gasteiger partial charge in [0.05, 0.1) is 6.54 Å². The highest BCUT2D eigenvalue weighted by atomic mass is 16.5. The Morgan fingerprint density at radius 1 is 0.974 bits per heavy atom. The number of carbonyl (C=O) groups excluding carboxylic acids is 3. The minimum Gasteiger partial charge on any atom is -0.377 e. The molecule has 39 heavy (non-hydrogen) atoms. The van der Waals surface area contributed by atoms with Crippen LogP contribution in [0.3, 0.4) is 0 Å². The average molecular weight is 538 g/mol. The Kier molecular flexibility index (Phi) is 8.05. The fourth-order valence-electron chi connectivity index (χ4n) is 7.56. The first-order valence-electron chi connectivity index (χ1n) is 15.2. The zero-order valence-corrected chi connectivity index (χ0v) is 23.2. The molecule has 3 aliphatic heterocycles. The number of ether oxygens (including phenoxy) is 2. The first-order chi connectivity index (χ1) is 19.0. The van der Waals surface area contributed by atoms with Crippen LogP contribution in [0.15, 0.2) is 24.3 Å². The number of hydrogen-bond donors (Lipinski definition) is 1. The Hall–Kier alpha value is -2.29. The SMILES string of the molecule is CO[C@H]1CN(C(=O)[C@@H](NC(=O)c2ccc(C3CCN(C4CCC4)CC3)cc2)C2CCCCC2)[C@@H]2C(=O)CO[C@H]12. The van der Waals surface area contributed by atoms with E-state index in [1.54, 1.807) is 12.0 Å². The molecule has 1 aromatic rings. The van der Waals surface area contributed by atoms with Gasteiger partial charge in [-0.1, -0.05) is 37.8 Å². The second-order valence-corrected chi connectivity index (χ2v) is 12.3. The average Bonchev–Trinajstić information content (AvgIpc) is 3.51. The molecular weight excluding hydrogens is 494 g/mol. The lowest BCUT2D eigenvalue weighted by Gasteiger charge is -2.42. The summed E-state index contributed by atoms with van der Waals surface area (Å²) < 4.78 is 11.2. The molecule has 1 aromatic carbocycles. The van der Waals surface area contributed by atoms with Crippen LogP contribution in [0.4, 0.5) is 0 Å². The molecule has 8 heteroatoms. The van der Waals surface area contributed by atoms with Crippen LogP contribution in [0.25, 0.3) is 0 Å². The Balaban J connectivity index is 1.13. The van der Waals surface area contributed by atoms with Crippen LogP contribution in [0, 0.1) is 5.92 Å². The van der Waals surface area contributed by atoms with Gasteiger partial charge in [-0.15, -0.1) is 0 Å². The van der Waals surface area contributed by atoms with Gasteiger partial charge in [-0.05, 0) is 81.1 Å². The smallest absolute Gasteiger partial charge is 0.251 e. The highest BCUT2D eigenvalue weighted by Crippen LogP contribution is 2.35. The number of rotatable bonds is 7. The lowest BCUT2D eigenvalue weighted by Crippen LogP contribution is -2.55. The van der Waals surface area contributed by atoms with Gasteiger partial charge < -0.3 is 24.6 Å². The van der Waals surface area contributed by atoms with Crippen molar-refractivity contribution in [2.75, 3.05) is 33.4 Å². The number of methoxy groups -OCH3 is 1. The van der Waals surface area contributed by atoms with E-state index in [1.807, 2.05) is 12.1 Å². The number of carbonyl (C=O) groups is 3. The quantitative estimate of drug-likeness (QED) is 0.574. The van der Waals surface area contributed by atoms with Crippen LogP contribution in [0.2, 0.25) is 0 Å². The third-order valence-corrected chi connectivity index (χ3v) is 10.2. The minimum atomic E-state index is -0.655. The maximum atomic E-state index is 14.0. The van der Waals surface area contributed by atoms with Gasteiger partial charge in [-0.2, -0.15) is 0 Å². The van der Waals surface area contributed by atoms with Crippen molar-refractivity contribution >= 4 is 17.6 Å². The number of ketones is 1. The molecule has 5 aliphatic rings. The fraction of sp³-hybridized carbons (Fsp3) is 0.710. The predicted molar refractivity (Wildman–Crippen MR) is 147 cm³/mol. The van der Waals surface area contributed by atoms with E-state index in [2.05, 4.69) is 22.3 Å². The molecule has 1 N–H and O–H groups in total. The summed E-state index contributed by atoms with van der Waals surface area (Å²) in [7, 11) is 1.59. The molecule has 2 saturated carbocycles. The number of likely N-dealkylation sites (tertiary alicyclic amines) is 2. The zero-order valence-electron chi connectivity index (χ0n) is 23.2. The minimum absolute atomic E-state index is 0.00534. The molecule has 0 unspecified atom stereocenters. The molecule has 3 saturated heterocycles. The van der Waals surface area contributed by atoms with E-state index in [-0.39, 0.29) is 36.2 Å². The Labute approximate surface area is 231 Å². The normalized spacial score (nSPS) is 29.7. The van der Waals surface area contributed by atoms with Crippen molar-refractivity contribution < 1.29 is 23.9 Å². The Morgan fingerprint density at radius 2 is 1.69 bits per heavy atom. The van der Waals surface area contributed by atoms with Crippen molar-refractivity contribution in [2.24, 2.45) is 5.92 Å². The third kappa shape index (κ3) is 5.40. The summed E-state index contributed by atoms with van der Waals surface area (Å²) in [4.78, 5) is 44.4. The molecule has 5 fully saturated rings. The standard InChI is InChI=1S/C31H43N3O5/c1-38-26-18-34(28-25(35)19-39-29(26)28)31(37)27(22-6-3-2-4-7-22)32-30(36)23-12-10-20(11-13-23)21-14-16-33(17-15-21)24-8-5-9-24/h10-13,21-22,24,26-29H,2-9,14-19H2,1H3,(H,32,36)/t26-,27-,28+,29+/m0/s1. The predicted octanol–water partition coefficient (Wildman–Crippen LogP) is 3.29. The van der Waals surface area contributed by atoms with Crippen molar-refractivity contribution in [1.29, 1.82) is 0 Å². The number of nitrogens with one attached hydrogen (secondary N) is 1. The monoisotopic (exact) mass is 537 g/mol. The number of fused-ring (bicyclic) bond motifs is 1. The van der Waals surface area contributed by atoms with Crippen molar-refractivity contribution in [3.63, 3.8) is 0 Å². The maximum absolute atomic E-state index is 14.0. The molecule has 0 spiro atoms. The number of benzene rings is 1. The van der Waals surface area contributed by atoms with Gasteiger partial charge in [0.2, 0.25) is 5.91 Å². The van der Waals surface area contributed by atoms with Gasteiger partial charge in [0.1, 0.15) is 30.9 Å². The molecular formula is C31H43N3O5. The molecule has 8 nitrogen and oxygen atoms in total. The molecule has 212 valence electrons. The number of amides is 2. The summed E-state index contributed by atoms with van der Waals surface area (Å²) in [6.07, 6.45) is 10.7. The highest BCUT2D eigenvalue weighted by Gasteiger charge is 2.54. The van der Waals surface area contributed by atoms with Crippen LogP contribution < -0.4 is 5.32 Å². The van der Waals surface area contributed by atoms with Crippen molar-refractivity contribution in [3.8, 4) is 0 Å². The van der Waals surface area contributed by atoms with Gasteiger partial charge in [0, 0.05) is 18.7 Å². The topological polar surface area (TPSA) is 88.2 Å². The first kappa shape index (κ1) is 26.9. The van der Waals surface area contributed by atoms with Crippen LogP contribution in [0.1, 0.15) is 86.0 Å². The summed E-state index contributed by atoms with van der Waals surface area (Å²) in [6.45, 7) is 2.65. The number of nitrogens with zero attached hydrogens (tertiary/aromatic N) is 2. The van der Waals surface area contributed by atoms with E-state index in [1.165, 1.54) is 50.8 Å². The second-order valence-electron chi connectivity index (χ2n) is 12.3. The molecule has 3 heterocycles. The second kappa shape index (κ2) is 11.7. The summed E-state index contributed by atoms with van der Waals surface area (Å²) in [5, 5.41) is 3.11. The Bertz CT molecular complexity index is 1040. The van der Waals surface area contributed by atoms with Crippen LogP contribution >= 0.6 is 0 Å². The van der Waals surface area contributed by atoms with E-state index in [9.17, 15) is 14.4 Å². The highest BCUT2D eigenvalue weighted by molar-refractivity contribution is 5.99. The van der Waals surface area contributed by atoms with Gasteiger partial charge in [-0.3, -0.25) is 14.4 Å². The van der Waals surface area contributed by atoms with E-state index in [4.69, 9.17) is 9.47 Å². The molecule has 4 atom stereocenters. The zero-order chi connectivity index (χ0) is 26.9. The van der Waals surface area contributed by atoms with Gasteiger partial charge >= 0.3 is 0 Å². The molecule has 2 amide bonds. The molecule has 0 aromatic heterocycles. The van der Waals surface area contributed by atoms with Crippen molar-refractivity contribution in [2.45, 2.75) is 100 Å². The Morgan fingerprint density at radius 3 is 2.33 bits per heavy atom. The van der Waals surface area contributed by atoms with Gasteiger partial charge in [0.15, 0.2) is 5.78 Å². The van der Waals surface area contributed by atoms with Crippen molar-refractivity contribution in [1.82, 2.24) is 15.1 Å². The number of hydrogen-bond acceptors (Lipinski definition) is 6. The molecule has 6 rings (SSSR count). The summed E-state index contributed by atoms with van der Waals surface area (Å²) in [5.41, 5.74) is 1.88. The summed E-state index contributed by atoms with van der Waals surface area (Å²) in [5.74, 6) is 0.110. The summed E-state index contributed by atoms with van der Waals surface area (Å²) in [6, 6.07) is 7.54. The van der Waals surface area contributed by atoms with E-state index in [0.717, 1.165) is 38.1 Å². The molecule has 0 radical (unpaired) electrons. The lowest BCUT2D eigenvalue weighted by molar-refractivity contribution is -0.139. The third-order valence-electron chi connectivity index (χ3n) is 10.2. The fourth-order valence-corrected chi connectivity index (χ4v) is 7.56. The lowest BCUT2D eigenvalue weighted by atomic mass is 9.83. The van der Waals surface area contributed by atoms with E-state index >= 15 is 0 Å². The summed E-state index contributed by atoms with van der Waals surface area (Å²) >= 11 is 0. The number of piperidine rings is 1. The van der Waals surface area contributed by atoms with Gasteiger partial charge in [0.25, 0.3) is 5.91 Å². The largest absolute Gasteiger partial charge is 0.377 e. The van der Waals surface area contributed by atoms with E-state index < -0.39 is 18.2 Å². The van der Waals surface area contributed by atoms with Crippen LogP contribution in [-0.2, 0) is 19.1 Å². The first-order valence-corrected chi connectivity index (χ1v) is 15.2. The van der Waals surface area contributed by atoms with Crippen LogP contribution in [-0.4, -0.2) is 91.1 Å². The van der Waals surface area contributed by atoms with E-state index in [0.29, 0.717) is 18.0 Å². The van der Waals surface area contributed by atoms with Crippen LogP contribution in [0.5, 0.6) is 0 Å². The van der Waals surface area contributed by atoms with Crippen molar-refractivity contribution in [3.05, 3.63) is 35.4 Å². The maximum Gasteiger partial charge on any atom is 0.251 e.